The van der Waals surface area contributed by atoms with Crippen molar-refractivity contribution in [2.75, 3.05) is 6.54 Å². The van der Waals surface area contributed by atoms with E-state index in [2.05, 4.69) is 10.4 Å². The molecule has 0 radical (unpaired) electrons. The largest absolute Gasteiger partial charge is 0.348 e. The number of carbonyl (C=O) groups excluding carboxylic acids is 1. The Hall–Kier alpha value is -2.21. The van der Waals surface area contributed by atoms with Crippen molar-refractivity contribution in [2.24, 2.45) is 5.73 Å². The first-order chi connectivity index (χ1) is 10.1. The van der Waals surface area contributed by atoms with E-state index >= 15 is 0 Å². The van der Waals surface area contributed by atoms with E-state index in [0.717, 1.165) is 17.7 Å². The van der Waals surface area contributed by atoms with Crippen LogP contribution in [0.5, 0.6) is 0 Å². The molecule has 21 heavy (non-hydrogen) atoms. The summed E-state index contributed by atoms with van der Waals surface area (Å²) in [5, 5.41) is 6.95. The molecular formula is C15H19FN4O. The average molecular weight is 290 g/mol. The Bertz CT molecular complexity index is 624. The zero-order valence-electron chi connectivity index (χ0n) is 12.0. The number of aromatic nitrogens is 2. The van der Waals surface area contributed by atoms with Gasteiger partial charge in [-0.25, -0.2) is 4.39 Å². The van der Waals surface area contributed by atoms with Crippen molar-refractivity contribution in [3.63, 3.8) is 0 Å². The van der Waals surface area contributed by atoms with Crippen LogP contribution in [0.1, 0.15) is 28.0 Å². The van der Waals surface area contributed by atoms with Gasteiger partial charge in [-0.1, -0.05) is 12.1 Å². The quantitative estimate of drug-likeness (QED) is 0.849. The van der Waals surface area contributed by atoms with Crippen LogP contribution in [0.3, 0.4) is 0 Å². The molecule has 1 aromatic heterocycles. The van der Waals surface area contributed by atoms with Crippen LogP contribution in [0.4, 0.5) is 4.39 Å². The molecule has 0 bridgehead atoms. The number of aryl methyl sites for hydroxylation is 1. The smallest absolute Gasteiger partial charge is 0.255 e. The monoisotopic (exact) mass is 290 g/mol. The first-order valence-electron chi connectivity index (χ1n) is 6.87. The molecule has 1 aromatic carbocycles. The van der Waals surface area contributed by atoms with Crippen molar-refractivity contribution in [2.45, 2.75) is 26.4 Å². The number of halogens is 1. The number of amides is 1. The Morgan fingerprint density at radius 1 is 1.48 bits per heavy atom. The first kappa shape index (κ1) is 15.2. The highest BCUT2D eigenvalue weighted by atomic mass is 19.1. The van der Waals surface area contributed by atoms with Gasteiger partial charge in [-0.2, -0.15) is 5.10 Å². The molecule has 1 heterocycles. The fourth-order valence-electron chi connectivity index (χ4n) is 2.06. The second-order valence-corrected chi connectivity index (χ2v) is 4.82. The summed E-state index contributed by atoms with van der Waals surface area (Å²) in [4.78, 5) is 12.1. The van der Waals surface area contributed by atoms with Crippen LogP contribution in [0.2, 0.25) is 0 Å². The molecule has 2 aromatic rings. The van der Waals surface area contributed by atoms with E-state index in [9.17, 15) is 9.18 Å². The number of nitrogens with zero attached hydrogens (tertiary/aromatic N) is 2. The van der Waals surface area contributed by atoms with Gasteiger partial charge in [-0.05, 0) is 37.6 Å². The summed E-state index contributed by atoms with van der Waals surface area (Å²) in [6, 6.07) is 6.16. The Morgan fingerprint density at radius 2 is 2.29 bits per heavy atom. The summed E-state index contributed by atoms with van der Waals surface area (Å²) in [5.41, 5.74) is 7.52. The predicted molar refractivity (Wildman–Crippen MR) is 78.2 cm³/mol. The molecule has 0 saturated heterocycles. The van der Waals surface area contributed by atoms with Crippen molar-refractivity contribution in [3.8, 4) is 0 Å². The van der Waals surface area contributed by atoms with E-state index in [1.54, 1.807) is 23.0 Å². The van der Waals surface area contributed by atoms with Gasteiger partial charge >= 0.3 is 0 Å². The Labute approximate surface area is 123 Å². The van der Waals surface area contributed by atoms with Gasteiger partial charge in [0.1, 0.15) is 5.82 Å². The summed E-state index contributed by atoms with van der Waals surface area (Å²) < 4.78 is 14.8. The molecule has 6 heteroatoms. The second kappa shape index (κ2) is 6.99. The summed E-state index contributed by atoms with van der Waals surface area (Å²) in [7, 11) is 0. The molecule has 0 spiro atoms. The van der Waals surface area contributed by atoms with Crippen LogP contribution in [0.15, 0.2) is 30.5 Å². The Balaban J connectivity index is 1.99. The molecule has 0 aliphatic carbocycles. The third-order valence-corrected chi connectivity index (χ3v) is 3.26. The summed E-state index contributed by atoms with van der Waals surface area (Å²) >= 11 is 0. The minimum Gasteiger partial charge on any atom is -0.348 e. The maximum Gasteiger partial charge on any atom is 0.255 e. The minimum absolute atomic E-state index is 0.212. The van der Waals surface area contributed by atoms with Gasteiger partial charge in [0, 0.05) is 18.8 Å². The van der Waals surface area contributed by atoms with Crippen molar-refractivity contribution in [1.82, 2.24) is 15.1 Å². The van der Waals surface area contributed by atoms with Gasteiger partial charge in [0.15, 0.2) is 0 Å². The molecule has 0 fully saturated rings. The van der Waals surface area contributed by atoms with Crippen LogP contribution in [0.25, 0.3) is 0 Å². The first-order valence-corrected chi connectivity index (χ1v) is 6.87. The zero-order valence-corrected chi connectivity index (χ0v) is 12.0. The van der Waals surface area contributed by atoms with E-state index in [4.69, 9.17) is 5.73 Å². The predicted octanol–water partition coefficient (Wildman–Crippen LogP) is 1.61. The highest BCUT2D eigenvalue weighted by molar-refractivity contribution is 5.94. The van der Waals surface area contributed by atoms with E-state index < -0.39 is 0 Å². The number of carbonyl (C=O) groups is 1. The minimum atomic E-state index is -0.312. The normalized spacial score (nSPS) is 10.6. The maximum atomic E-state index is 13.1. The second-order valence-electron chi connectivity index (χ2n) is 4.82. The van der Waals surface area contributed by atoms with Gasteiger partial charge < -0.3 is 11.1 Å². The van der Waals surface area contributed by atoms with Gasteiger partial charge in [-0.3, -0.25) is 9.48 Å². The lowest BCUT2D eigenvalue weighted by Gasteiger charge is -2.06. The molecule has 0 unspecified atom stereocenters. The number of nitrogens with one attached hydrogen (secondary N) is 1. The summed E-state index contributed by atoms with van der Waals surface area (Å²) in [5.74, 6) is -0.525. The molecular weight excluding hydrogens is 271 g/mol. The van der Waals surface area contributed by atoms with Crippen LogP contribution in [0, 0.1) is 12.7 Å². The Kier molecular flexibility index (Phi) is 5.05. The average Bonchev–Trinajstić information content (AvgIpc) is 2.84. The summed E-state index contributed by atoms with van der Waals surface area (Å²) in [6.07, 6.45) is 2.36. The number of nitrogens with two attached hydrogens (primary N) is 1. The van der Waals surface area contributed by atoms with Crippen LogP contribution >= 0.6 is 0 Å². The molecule has 0 atom stereocenters. The lowest BCUT2D eigenvalue weighted by Crippen LogP contribution is -2.23. The van der Waals surface area contributed by atoms with Crippen molar-refractivity contribution >= 4 is 5.91 Å². The summed E-state index contributed by atoms with van der Waals surface area (Å²) in [6.45, 7) is 3.41. The fraction of sp³-hybridized carbons (Fsp3) is 0.333. The fourth-order valence-corrected chi connectivity index (χ4v) is 2.06. The van der Waals surface area contributed by atoms with E-state index in [1.807, 2.05) is 6.92 Å². The highest BCUT2D eigenvalue weighted by Crippen LogP contribution is 2.09. The molecule has 2 rings (SSSR count). The molecule has 5 nitrogen and oxygen atoms in total. The van der Waals surface area contributed by atoms with E-state index in [-0.39, 0.29) is 18.3 Å². The van der Waals surface area contributed by atoms with Gasteiger partial charge in [0.05, 0.1) is 11.8 Å². The standard InChI is InChI=1S/C15H19FN4O/c1-11-14(10-19-20(11)7-3-6-17)15(21)18-9-12-4-2-5-13(16)8-12/h2,4-5,8,10H,3,6-7,9,17H2,1H3,(H,18,21). The van der Waals surface area contributed by atoms with Gasteiger partial charge in [-0.15, -0.1) is 0 Å². The maximum absolute atomic E-state index is 13.1. The lowest BCUT2D eigenvalue weighted by molar-refractivity contribution is 0.0950. The molecule has 0 saturated carbocycles. The van der Waals surface area contributed by atoms with Gasteiger partial charge in [0.25, 0.3) is 5.91 Å². The Morgan fingerprint density at radius 3 is 3.00 bits per heavy atom. The van der Waals surface area contributed by atoms with Crippen LogP contribution in [-0.2, 0) is 13.1 Å². The van der Waals surface area contributed by atoms with Crippen molar-refractivity contribution in [3.05, 3.63) is 53.1 Å². The lowest BCUT2D eigenvalue weighted by atomic mass is 10.2. The SMILES string of the molecule is Cc1c(C(=O)NCc2cccc(F)c2)cnn1CCCN. The number of rotatable bonds is 6. The number of hydrogen-bond donors (Lipinski definition) is 2. The molecule has 0 aliphatic heterocycles. The van der Waals surface area contributed by atoms with Crippen LogP contribution in [-0.4, -0.2) is 22.2 Å². The van der Waals surface area contributed by atoms with Crippen molar-refractivity contribution < 1.29 is 9.18 Å². The topological polar surface area (TPSA) is 72.9 Å². The number of benzene rings is 1. The van der Waals surface area contributed by atoms with E-state index in [0.29, 0.717) is 18.7 Å². The molecule has 1 amide bonds. The van der Waals surface area contributed by atoms with Crippen molar-refractivity contribution in [1.29, 1.82) is 0 Å². The third kappa shape index (κ3) is 3.88. The molecule has 0 aliphatic rings. The molecule has 112 valence electrons. The molecule has 3 N–H and O–H groups in total. The zero-order chi connectivity index (χ0) is 15.2. The number of hydrogen-bond acceptors (Lipinski definition) is 3. The highest BCUT2D eigenvalue weighted by Gasteiger charge is 2.13. The van der Waals surface area contributed by atoms with Crippen LogP contribution < -0.4 is 11.1 Å². The third-order valence-electron chi connectivity index (χ3n) is 3.26. The van der Waals surface area contributed by atoms with E-state index in [1.165, 1.54) is 12.1 Å². The van der Waals surface area contributed by atoms with Gasteiger partial charge in [0.2, 0.25) is 0 Å².